The summed E-state index contributed by atoms with van der Waals surface area (Å²) < 4.78 is 0. The first-order valence-electron chi connectivity index (χ1n) is 7.32. The molecule has 0 aliphatic carbocycles. The van der Waals surface area contributed by atoms with E-state index in [9.17, 15) is 4.79 Å². The molecule has 0 saturated carbocycles. The number of hydrogen-bond donors (Lipinski definition) is 1. The number of carbonyl (C=O) groups is 1. The van der Waals surface area contributed by atoms with Gasteiger partial charge in [-0.05, 0) is 24.6 Å². The molecule has 0 fully saturated rings. The van der Waals surface area contributed by atoms with Gasteiger partial charge in [0, 0.05) is 0 Å². The zero-order chi connectivity index (χ0) is 16.1. The molecule has 4 nitrogen and oxygen atoms in total. The van der Waals surface area contributed by atoms with Crippen molar-refractivity contribution in [2.24, 2.45) is 0 Å². The Hall–Kier alpha value is -2.66. The van der Waals surface area contributed by atoms with Crippen molar-refractivity contribution in [2.75, 3.05) is 5.01 Å². The SMILES string of the molecule is Cc1ncc(C(=O)NN(Cc2ccccc2)c2ccccc2)s1. The van der Waals surface area contributed by atoms with E-state index < -0.39 is 0 Å². The number of rotatable bonds is 5. The Balaban J connectivity index is 1.82. The number of anilines is 1. The molecule has 3 rings (SSSR count). The van der Waals surface area contributed by atoms with Crippen LogP contribution in [0.25, 0.3) is 0 Å². The zero-order valence-corrected chi connectivity index (χ0v) is 13.6. The lowest BCUT2D eigenvalue weighted by Gasteiger charge is -2.25. The van der Waals surface area contributed by atoms with Gasteiger partial charge in [-0.1, -0.05) is 48.5 Å². The minimum Gasteiger partial charge on any atom is -0.281 e. The van der Waals surface area contributed by atoms with Crippen molar-refractivity contribution in [3.63, 3.8) is 0 Å². The van der Waals surface area contributed by atoms with Crippen LogP contribution < -0.4 is 10.4 Å². The number of para-hydroxylation sites is 1. The average Bonchev–Trinajstić information content (AvgIpc) is 3.03. The normalized spacial score (nSPS) is 10.3. The fourth-order valence-corrected chi connectivity index (χ4v) is 2.88. The second kappa shape index (κ2) is 7.07. The molecular weight excluding hydrogens is 306 g/mol. The molecule has 1 aromatic heterocycles. The highest BCUT2D eigenvalue weighted by atomic mass is 32.1. The molecule has 3 aromatic rings. The molecule has 1 amide bonds. The summed E-state index contributed by atoms with van der Waals surface area (Å²) in [7, 11) is 0. The highest BCUT2D eigenvalue weighted by molar-refractivity contribution is 7.13. The predicted octanol–water partition coefficient (Wildman–Crippen LogP) is 3.80. The molecule has 1 N–H and O–H groups in total. The first kappa shape index (κ1) is 15.2. The van der Waals surface area contributed by atoms with Gasteiger partial charge in [-0.15, -0.1) is 11.3 Å². The van der Waals surface area contributed by atoms with Crippen LogP contribution in [-0.4, -0.2) is 10.9 Å². The van der Waals surface area contributed by atoms with Crippen LogP contribution in [0.3, 0.4) is 0 Å². The van der Waals surface area contributed by atoms with E-state index in [-0.39, 0.29) is 5.91 Å². The van der Waals surface area contributed by atoms with E-state index in [0.29, 0.717) is 11.4 Å². The van der Waals surface area contributed by atoms with Gasteiger partial charge < -0.3 is 0 Å². The number of nitrogens with zero attached hydrogens (tertiary/aromatic N) is 2. The van der Waals surface area contributed by atoms with Crippen molar-refractivity contribution in [3.8, 4) is 0 Å². The first-order chi connectivity index (χ1) is 11.2. The third-order valence-corrected chi connectivity index (χ3v) is 4.24. The summed E-state index contributed by atoms with van der Waals surface area (Å²) in [5.41, 5.74) is 5.03. The fourth-order valence-electron chi connectivity index (χ4n) is 2.21. The molecule has 116 valence electrons. The van der Waals surface area contributed by atoms with Crippen LogP contribution in [0.1, 0.15) is 20.2 Å². The second-order valence-electron chi connectivity index (χ2n) is 5.09. The van der Waals surface area contributed by atoms with Crippen LogP contribution in [0.15, 0.2) is 66.9 Å². The zero-order valence-electron chi connectivity index (χ0n) is 12.8. The molecule has 0 unspecified atom stereocenters. The van der Waals surface area contributed by atoms with Crippen LogP contribution in [-0.2, 0) is 6.54 Å². The van der Waals surface area contributed by atoms with Gasteiger partial charge in [-0.2, -0.15) is 0 Å². The number of hydrazine groups is 1. The third-order valence-electron chi connectivity index (χ3n) is 3.33. The lowest BCUT2D eigenvalue weighted by atomic mass is 10.2. The van der Waals surface area contributed by atoms with Crippen molar-refractivity contribution in [3.05, 3.63) is 82.3 Å². The fraction of sp³-hybridized carbons (Fsp3) is 0.111. The Morgan fingerprint density at radius 1 is 1.09 bits per heavy atom. The number of benzene rings is 2. The monoisotopic (exact) mass is 323 g/mol. The van der Waals surface area contributed by atoms with E-state index in [4.69, 9.17) is 0 Å². The van der Waals surface area contributed by atoms with E-state index in [1.54, 1.807) is 6.20 Å². The topological polar surface area (TPSA) is 45.2 Å². The summed E-state index contributed by atoms with van der Waals surface area (Å²) in [6.07, 6.45) is 1.61. The quantitative estimate of drug-likeness (QED) is 0.726. The minimum absolute atomic E-state index is 0.143. The van der Waals surface area contributed by atoms with Crippen LogP contribution in [0.2, 0.25) is 0 Å². The Morgan fingerprint density at radius 2 is 1.74 bits per heavy atom. The molecule has 0 aliphatic rings. The minimum atomic E-state index is -0.143. The standard InChI is InChI=1S/C18H17N3OS/c1-14-19-12-17(23-14)18(22)20-21(16-10-6-3-7-11-16)13-15-8-4-2-5-9-15/h2-12H,13H2,1H3,(H,20,22). The van der Waals surface area contributed by atoms with E-state index in [2.05, 4.69) is 10.4 Å². The lowest BCUT2D eigenvalue weighted by molar-refractivity contribution is 0.0952. The summed E-state index contributed by atoms with van der Waals surface area (Å²) >= 11 is 1.39. The van der Waals surface area contributed by atoms with Gasteiger partial charge >= 0.3 is 0 Å². The highest BCUT2D eigenvalue weighted by Gasteiger charge is 2.14. The molecule has 0 radical (unpaired) electrons. The van der Waals surface area contributed by atoms with Gasteiger partial charge in [0.25, 0.3) is 5.91 Å². The van der Waals surface area contributed by atoms with E-state index in [1.165, 1.54) is 11.3 Å². The molecule has 0 saturated heterocycles. The van der Waals surface area contributed by atoms with Crippen molar-refractivity contribution in [1.82, 2.24) is 10.4 Å². The molecular formula is C18H17N3OS. The van der Waals surface area contributed by atoms with Gasteiger partial charge in [-0.25, -0.2) is 4.98 Å². The smallest absolute Gasteiger partial charge is 0.281 e. The van der Waals surface area contributed by atoms with E-state index in [0.717, 1.165) is 16.3 Å². The Morgan fingerprint density at radius 3 is 2.35 bits per heavy atom. The largest absolute Gasteiger partial charge is 0.281 e. The van der Waals surface area contributed by atoms with Crippen LogP contribution >= 0.6 is 11.3 Å². The Labute approximate surface area is 139 Å². The molecule has 23 heavy (non-hydrogen) atoms. The number of hydrogen-bond acceptors (Lipinski definition) is 4. The summed E-state index contributed by atoms with van der Waals surface area (Å²) in [6.45, 7) is 2.48. The Bertz CT molecular complexity index is 771. The number of nitrogens with one attached hydrogen (secondary N) is 1. The molecule has 0 atom stereocenters. The maximum absolute atomic E-state index is 12.4. The second-order valence-corrected chi connectivity index (χ2v) is 6.33. The van der Waals surface area contributed by atoms with Gasteiger partial charge in [0.15, 0.2) is 0 Å². The van der Waals surface area contributed by atoms with Crippen molar-refractivity contribution in [1.29, 1.82) is 0 Å². The predicted molar refractivity (Wildman–Crippen MR) is 93.4 cm³/mol. The van der Waals surface area contributed by atoms with E-state index in [1.807, 2.05) is 72.6 Å². The summed E-state index contributed by atoms with van der Waals surface area (Å²) in [5.74, 6) is -0.143. The maximum atomic E-state index is 12.4. The van der Waals surface area contributed by atoms with E-state index >= 15 is 0 Å². The molecule has 5 heteroatoms. The third kappa shape index (κ3) is 3.96. The number of thiazole rings is 1. The number of aryl methyl sites for hydroxylation is 1. The molecule has 2 aromatic carbocycles. The summed E-state index contributed by atoms with van der Waals surface area (Å²) in [4.78, 5) is 17.2. The maximum Gasteiger partial charge on any atom is 0.281 e. The number of aromatic nitrogens is 1. The molecule has 1 heterocycles. The molecule has 0 spiro atoms. The van der Waals surface area contributed by atoms with Gasteiger partial charge in [0.05, 0.1) is 23.4 Å². The average molecular weight is 323 g/mol. The molecule has 0 aliphatic heterocycles. The van der Waals surface area contributed by atoms with Crippen molar-refractivity contribution >= 4 is 22.9 Å². The number of carbonyl (C=O) groups excluding carboxylic acids is 1. The summed E-state index contributed by atoms with van der Waals surface area (Å²) in [6, 6.07) is 19.9. The lowest BCUT2D eigenvalue weighted by Crippen LogP contribution is -2.41. The summed E-state index contributed by atoms with van der Waals surface area (Å²) in [5, 5.41) is 2.73. The van der Waals surface area contributed by atoms with Gasteiger partial charge in [0.1, 0.15) is 4.88 Å². The Kier molecular flexibility index (Phi) is 4.68. The highest BCUT2D eigenvalue weighted by Crippen LogP contribution is 2.17. The number of amides is 1. The molecule has 0 bridgehead atoms. The van der Waals surface area contributed by atoms with Gasteiger partial charge in [0.2, 0.25) is 0 Å². The van der Waals surface area contributed by atoms with Crippen LogP contribution in [0.4, 0.5) is 5.69 Å². The van der Waals surface area contributed by atoms with Crippen molar-refractivity contribution < 1.29 is 4.79 Å². The van der Waals surface area contributed by atoms with Gasteiger partial charge in [-0.3, -0.25) is 15.2 Å². The van der Waals surface area contributed by atoms with Crippen LogP contribution in [0, 0.1) is 6.92 Å². The first-order valence-corrected chi connectivity index (χ1v) is 8.14. The van der Waals surface area contributed by atoms with Crippen molar-refractivity contribution in [2.45, 2.75) is 13.5 Å². The van der Waals surface area contributed by atoms with Crippen LogP contribution in [0.5, 0.6) is 0 Å².